The van der Waals surface area contributed by atoms with Gasteiger partial charge in [0.15, 0.2) is 6.61 Å². The Labute approximate surface area is 173 Å². The van der Waals surface area contributed by atoms with Crippen LogP contribution in [0.3, 0.4) is 0 Å². The second kappa shape index (κ2) is 8.52. The fourth-order valence-corrected chi connectivity index (χ4v) is 4.60. The maximum atomic E-state index is 12.5. The number of esters is 1. The summed E-state index contributed by atoms with van der Waals surface area (Å²) < 4.78 is 4.91. The number of fused-ring (bicyclic) bond motifs is 1. The number of carbonyl (C=O) groups is 4. The molecule has 3 amide bonds. The normalized spacial score (nSPS) is 27.3. The van der Waals surface area contributed by atoms with Crippen LogP contribution >= 0.6 is 31.9 Å². The Kier molecular flexibility index (Phi) is 6.31. The van der Waals surface area contributed by atoms with E-state index in [9.17, 15) is 19.2 Å². The third kappa shape index (κ3) is 4.57. The molecule has 1 N–H and O–H groups in total. The lowest BCUT2D eigenvalue weighted by molar-refractivity contribution is -0.154. The van der Waals surface area contributed by atoms with Crippen LogP contribution in [0.25, 0.3) is 0 Å². The van der Waals surface area contributed by atoms with Crippen molar-refractivity contribution in [1.29, 1.82) is 0 Å². The topological polar surface area (TPSA) is 92.8 Å². The van der Waals surface area contributed by atoms with Gasteiger partial charge in [0.2, 0.25) is 11.8 Å². The molecule has 1 aromatic rings. The molecule has 1 saturated carbocycles. The van der Waals surface area contributed by atoms with Crippen LogP contribution in [0.1, 0.15) is 12.8 Å². The van der Waals surface area contributed by atoms with Crippen molar-refractivity contribution in [3.63, 3.8) is 0 Å². The summed E-state index contributed by atoms with van der Waals surface area (Å²) in [6.07, 6.45) is 1.08. The molecule has 0 unspecified atom stereocenters. The third-order valence-corrected chi connectivity index (χ3v) is 7.45. The number of anilines is 1. The van der Waals surface area contributed by atoms with E-state index in [-0.39, 0.29) is 21.5 Å². The predicted octanol–water partition coefficient (Wildman–Crippen LogP) is 2.09. The van der Waals surface area contributed by atoms with E-state index >= 15 is 0 Å². The number of nitrogens with zero attached hydrogens (tertiary/aromatic N) is 1. The molecule has 0 bridgehead atoms. The summed E-state index contributed by atoms with van der Waals surface area (Å²) in [6, 6.07) is 8.75. The summed E-state index contributed by atoms with van der Waals surface area (Å²) in [7, 11) is 0. The van der Waals surface area contributed by atoms with Gasteiger partial charge in [-0.15, -0.1) is 0 Å². The van der Waals surface area contributed by atoms with Crippen LogP contribution in [0.5, 0.6) is 0 Å². The number of hydrogen-bond donors (Lipinski definition) is 1. The van der Waals surface area contributed by atoms with E-state index in [1.54, 1.807) is 24.3 Å². The average molecular weight is 502 g/mol. The van der Waals surface area contributed by atoms with Crippen molar-refractivity contribution in [1.82, 2.24) is 4.90 Å². The number of nitrogens with one attached hydrogen (secondary N) is 1. The van der Waals surface area contributed by atoms with Gasteiger partial charge in [0.05, 0.1) is 11.8 Å². The summed E-state index contributed by atoms with van der Waals surface area (Å²) >= 11 is 7.02. The first-order chi connectivity index (χ1) is 12.9. The zero-order valence-electron chi connectivity index (χ0n) is 14.3. The molecule has 2 aliphatic rings. The number of amides is 3. The zero-order chi connectivity index (χ0) is 19.6. The molecule has 1 heterocycles. The highest BCUT2D eigenvalue weighted by atomic mass is 79.9. The van der Waals surface area contributed by atoms with Crippen molar-refractivity contribution in [3.05, 3.63) is 30.3 Å². The van der Waals surface area contributed by atoms with Gasteiger partial charge in [0, 0.05) is 15.3 Å². The Morgan fingerprint density at radius 2 is 1.59 bits per heavy atom. The van der Waals surface area contributed by atoms with Crippen molar-refractivity contribution >= 4 is 61.2 Å². The fourth-order valence-electron chi connectivity index (χ4n) is 3.36. The first-order valence-electron chi connectivity index (χ1n) is 8.50. The Morgan fingerprint density at radius 3 is 2.15 bits per heavy atom. The summed E-state index contributed by atoms with van der Waals surface area (Å²) in [4.78, 5) is 50.0. The van der Waals surface area contributed by atoms with Gasteiger partial charge in [-0.1, -0.05) is 50.1 Å². The molecule has 1 aromatic carbocycles. The van der Waals surface area contributed by atoms with Crippen LogP contribution in [0, 0.1) is 11.8 Å². The highest BCUT2D eigenvalue weighted by Gasteiger charge is 2.52. The molecular formula is C18H18Br2N2O5. The summed E-state index contributed by atoms with van der Waals surface area (Å²) in [5.74, 6) is -2.80. The van der Waals surface area contributed by atoms with Crippen molar-refractivity contribution < 1.29 is 23.9 Å². The van der Waals surface area contributed by atoms with Crippen LogP contribution in [0.2, 0.25) is 0 Å². The second-order valence-electron chi connectivity index (χ2n) is 6.55. The number of ether oxygens (including phenoxy) is 1. The maximum Gasteiger partial charge on any atom is 0.326 e. The Balaban J connectivity index is 1.51. The molecule has 144 valence electrons. The van der Waals surface area contributed by atoms with Crippen molar-refractivity contribution in [3.8, 4) is 0 Å². The fraction of sp³-hybridized carbons (Fsp3) is 0.444. The predicted molar refractivity (Wildman–Crippen MR) is 104 cm³/mol. The van der Waals surface area contributed by atoms with E-state index in [1.807, 2.05) is 6.07 Å². The van der Waals surface area contributed by atoms with E-state index < -0.39 is 36.9 Å². The Hall–Kier alpha value is -1.74. The van der Waals surface area contributed by atoms with E-state index in [1.165, 1.54) is 0 Å². The molecular weight excluding hydrogens is 484 g/mol. The lowest BCUT2D eigenvalue weighted by Crippen LogP contribution is -2.37. The standard InChI is InChI=1S/C18H18Br2N2O5/c19-13-6-11-12(7-14(13)20)18(26)22(17(11)25)8-16(24)27-9-15(23)21-10-4-2-1-3-5-10/h1-5,11-14H,6-9H2,(H,21,23)/t11-,12+,13-,14-/m0/s1. The smallest absolute Gasteiger partial charge is 0.326 e. The number of carbonyl (C=O) groups excluding carboxylic acids is 4. The number of alkyl halides is 2. The van der Waals surface area contributed by atoms with E-state index in [4.69, 9.17) is 4.74 Å². The lowest BCUT2D eigenvalue weighted by atomic mass is 9.81. The van der Waals surface area contributed by atoms with Gasteiger partial charge < -0.3 is 10.1 Å². The molecule has 0 radical (unpaired) electrons. The number of rotatable bonds is 5. The molecule has 4 atom stereocenters. The largest absolute Gasteiger partial charge is 0.454 e. The van der Waals surface area contributed by atoms with Crippen molar-refractivity contribution in [2.75, 3.05) is 18.5 Å². The summed E-state index contributed by atoms with van der Waals surface area (Å²) in [5, 5.41) is 2.58. The maximum absolute atomic E-state index is 12.5. The SMILES string of the molecule is O=C(COC(=O)CN1C(=O)[C@H]2C[C@H](Br)[C@@H](Br)C[C@H]2C1=O)Nc1ccccc1. The Bertz CT molecular complexity index is 729. The van der Waals surface area contributed by atoms with Gasteiger partial charge in [-0.3, -0.25) is 24.1 Å². The molecule has 9 heteroatoms. The molecule has 27 heavy (non-hydrogen) atoms. The van der Waals surface area contributed by atoms with Gasteiger partial charge >= 0.3 is 5.97 Å². The van der Waals surface area contributed by atoms with E-state index in [0.717, 1.165) is 4.90 Å². The van der Waals surface area contributed by atoms with Gasteiger partial charge in [0.1, 0.15) is 6.54 Å². The molecule has 0 spiro atoms. The van der Waals surface area contributed by atoms with Crippen LogP contribution in [-0.4, -0.2) is 51.4 Å². The number of benzene rings is 1. The van der Waals surface area contributed by atoms with Crippen LogP contribution < -0.4 is 5.32 Å². The average Bonchev–Trinajstić information content (AvgIpc) is 2.86. The van der Waals surface area contributed by atoms with Gasteiger partial charge in [-0.05, 0) is 25.0 Å². The number of para-hydroxylation sites is 1. The van der Waals surface area contributed by atoms with E-state index in [2.05, 4.69) is 37.2 Å². The molecule has 1 aliphatic heterocycles. The first-order valence-corrected chi connectivity index (χ1v) is 10.3. The lowest BCUT2D eigenvalue weighted by Gasteiger charge is -2.29. The van der Waals surface area contributed by atoms with Gasteiger partial charge in [-0.25, -0.2) is 0 Å². The highest BCUT2D eigenvalue weighted by Crippen LogP contribution is 2.43. The van der Waals surface area contributed by atoms with E-state index in [0.29, 0.717) is 18.5 Å². The zero-order valence-corrected chi connectivity index (χ0v) is 17.4. The Morgan fingerprint density at radius 1 is 1.04 bits per heavy atom. The number of imide groups is 1. The number of likely N-dealkylation sites (tertiary alicyclic amines) is 1. The van der Waals surface area contributed by atoms with Crippen LogP contribution in [0.15, 0.2) is 30.3 Å². The minimum atomic E-state index is -0.788. The second-order valence-corrected chi connectivity index (χ2v) is 8.91. The first kappa shape index (κ1) is 20.0. The molecule has 2 fully saturated rings. The van der Waals surface area contributed by atoms with Crippen molar-refractivity contribution in [2.24, 2.45) is 11.8 Å². The number of halogens is 2. The monoisotopic (exact) mass is 500 g/mol. The number of hydrogen-bond acceptors (Lipinski definition) is 5. The van der Waals surface area contributed by atoms with Crippen LogP contribution in [0.4, 0.5) is 5.69 Å². The quantitative estimate of drug-likeness (QED) is 0.379. The summed E-state index contributed by atoms with van der Waals surface area (Å²) in [5.41, 5.74) is 0.584. The third-order valence-electron chi connectivity index (χ3n) is 4.71. The van der Waals surface area contributed by atoms with Crippen molar-refractivity contribution in [2.45, 2.75) is 22.5 Å². The molecule has 7 nitrogen and oxygen atoms in total. The summed E-state index contributed by atoms with van der Waals surface area (Å²) in [6.45, 7) is -0.951. The molecule has 1 aliphatic carbocycles. The minimum absolute atomic E-state index is 0.101. The minimum Gasteiger partial charge on any atom is -0.454 e. The molecule has 0 aromatic heterocycles. The molecule has 3 rings (SSSR count). The molecule has 1 saturated heterocycles. The highest BCUT2D eigenvalue weighted by molar-refractivity contribution is 9.12. The van der Waals surface area contributed by atoms with Gasteiger partial charge in [0.25, 0.3) is 5.91 Å². The van der Waals surface area contributed by atoms with Crippen LogP contribution in [-0.2, 0) is 23.9 Å². The van der Waals surface area contributed by atoms with Gasteiger partial charge in [-0.2, -0.15) is 0 Å².